The molecule has 0 unspecified atom stereocenters. The van der Waals surface area contributed by atoms with E-state index in [2.05, 4.69) is 20.8 Å². The van der Waals surface area contributed by atoms with Crippen LogP contribution < -0.4 is 0 Å². The Morgan fingerprint density at radius 1 is 1.29 bits per heavy atom. The lowest BCUT2D eigenvalue weighted by Gasteiger charge is -2.49. The minimum Gasteiger partial charge on any atom is -0.299 e. The minimum atomic E-state index is 0.0458. The van der Waals surface area contributed by atoms with Crippen molar-refractivity contribution in [2.45, 2.75) is 52.9 Å². The van der Waals surface area contributed by atoms with Crippen molar-refractivity contribution in [3.63, 3.8) is 0 Å². The van der Waals surface area contributed by atoms with Crippen LogP contribution in [0.1, 0.15) is 52.9 Å². The summed E-state index contributed by atoms with van der Waals surface area (Å²) in [5, 5.41) is 0. The van der Waals surface area contributed by atoms with Crippen molar-refractivity contribution in [1.29, 1.82) is 0 Å². The first kappa shape index (κ1) is 10.2. The van der Waals surface area contributed by atoms with Crippen molar-refractivity contribution in [3.8, 4) is 0 Å². The Hall–Kier alpha value is -0.330. The van der Waals surface area contributed by atoms with E-state index in [1.54, 1.807) is 0 Å². The zero-order valence-corrected chi connectivity index (χ0v) is 9.68. The van der Waals surface area contributed by atoms with Gasteiger partial charge in [0.1, 0.15) is 5.78 Å². The predicted octanol–water partition coefficient (Wildman–Crippen LogP) is 3.43. The molecule has 4 atom stereocenters. The zero-order chi connectivity index (χ0) is 10.3. The summed E-state index contributed by atoms with van der Waals surface area (Å²) in [4.78, 5) is 12.0. The van der Waals surface area contributed by atoms with Crippen LogP contribution in [0.3, 0.4) is 0 Å². The van der Waals surface area contributed by atoms with Crippen molar-refractivity contribution >= 4 is 5.78 Å². The van der Waals surface area contributed by atoms with Crippen molar-refractivity contribution in [1.82, 2.24) is 0 Å². The lowest BCUT2D eigenvalue weighted by Crippen LogP contribution is -2.47. The fourth-order valence-corrected chi connectivity index (χ4v) is 3.65. The summed E-state index contributed by atoms with van der Waals surface area (Å²) >= 11 is 0. The molecule has 80 valence electrons. The lowest BCUT2D eigenvalue weighted by molar-refractivity contribution is -0.140. The van der Waals surface area contributed by atoms with Crippen LogP contribution in [-0.4, -0.2) is 5.78 Å². The Morgan fingerprint density at radius 2 is 2.00 bits per heavy atom. The summed E-state index contributed by atoms with van der Waals surface area (Å²) < 4.78 is 0. The molecule has 1 heteroatoms. The van der Waals surface area contributed by atoms with Gasteiger partial charge < -0.3 is 0 Å². The molecule has 0 aromatic rings. The van der Waals surface area contributed by atoms with Gasteiger partial charge in [0.25, 0.3) is 0 Å². The number of Topliss-reactive ketones (excluding diaryl/α,β-unsaturated/α-hetero) is 1. The van der Waals surface area contributed by atoms with Gasteiger partial charge in [0.15, 0.2) is 0 Å². The summed E-state index contributed by atoms with van der Waals surface area (Å²) in [7, 11) is 0. The quantitative estimate of drug-likeness (QED) is 0.577. The monoisotopic (exact) mass is 194 g/mol. The van der Waals surface area contributed by atoms with E-state index in [-0.39, 0.29) is 5.41 Å². The maximum atomic E-state index is 12.0. The largest absolute Gasteiger partial charge is 0.299 e. The van der Waals surface area contributed by atoms with Crippen LogP contribution in [-0.2, 0) is 4.79 Å². The summed E-state index contributed by atoms with van der Waals surface area (Å²) in [6.45, 7) is 6.93. The average molecular weight is 194 g/mol. The van der Waals surface area contributed by atoms with E-state index >= 15 is 0 Å². The molecule has 2 aliphatic rings. The van der Waals surface area contributed by atoms with E-state index in [0.29, 0.717) is 11.7 Å². The van der Waals surface area contributed by atoms with Crippen molar-refractivity contribution in [3.05, 3.63) is 0 Å². The van der Waals surface area contributed by atoms with Crippen molar-refractivity contribution in [2.24, 2.45) is 23.2 Å². The van der Waals surface area contributed by atoms with E-state index in [1.807, 2.05) is 0 Å². The van der Waals surface area contributed by atoms with Gasteiger partial charge in [0.05, 0.1) is 0 Å². The molecular weight excluding hydrogens is 172 g/mol. The molecule has 0 amide bonds. The van der Waals surface area contributed by atoms with Crippen LogP contribution in [0.4, 0.5) is 0 Å². The van der Waals surface area contributed by atoms with E-state index in [4.69, 9.17) is 0 Å². The van der Waals surface area contributed by atoms with E-state index < -0.39 is 0 Å². The molecule has 14 heavy (non-hydrogen) atoms. The molecule has 0 heterocycles. The Labute approximate surface area is 87.3 Å². The number of hydrogen-bond donors (Lipinski definition) is 0. The number of fused-ring (bicyclic) bond motifs is 1. The van der Waals surface area contributed by atoms with Crippen LogP contribution in [0.5, 0.6) is 0 Å². The molecule has 1 nitrogen and oxygen atoms in total. The number of rotatable bonds is 0. The van der Waals surface area contributed by atoms with Gasteiger partial charge in [-0.25, -0.2) is 0 Å². The highest BCUT2D eigenvalue weighted by atomic mass is 16.1. The second-order valence-corrected chi connectivity index (χ2v) is 5.71. The van der Waals surface area contributed by atoms with Gasteiger partial charge in [0.2, 0.25) is 0 Å². The third-order valence-corrected chi connectivity index (χ3v) is 5.03. The Kier molecular flexibility index (Phi) is 2.45. The third-order valence-electron chi connectivity index (χ3n) is 5.03. The fraction of sp³-hybridized carbons (Fsp3) is 0.923. The normalized spacial score (nSPS) is 48.8. The Balaban J connectivity index is 2.25. The number of carbonyl (C=O) groups is 1. The van der Waals surface area contributed by atoms with E-state index in [9.17, 15) is 4.79 Å². The predicted molar refractivity (Wildman–Crippen MR) is 58.0 cm³/mol. The Morgan fingerprint density at radius 3 is 2.71 bits per heavy atom. The Bertz CT molecular complexity index is 246. The molecule has 2 aliphatic carbocycles. The highest BCUT2D eigenvalue weighted by Gasteiger charge is 2.48. The van der Waals surface area contributed by atoms with Gasteiger partial charge in [-0.2, -0.15) is 0 Å². The number of carbonyl (C=O) groups excluding carboxylic acids is 1. The maximum Gasteiger partial charge on any atom is 0.139 e. The molecule has 0 aromatic heterocycles. The summed E-state index contributed by atoms with van der Waals surface area (Å²) in [6.07, 6.45) is 5.65. The van der Waals surface area contributed by atoms with Gasteiger partial charge in [-0.3, -0.25) is 4.79 Å². The highest BCUT2D eigenvalue weighted by molar-refractivity contribution is 5.85. The second-order valence-electron chi connectivity index (χ2n) is 5.71. The van der Waals surface area contributed by atoms with Gasteiger partial charge in [0, 0.05) is 11.8 Å². The molecule has 2 saturated carbocycles. The summed E-state index contributed by atoms with van der Waals surface area (Å²) in [6, 6.07) is 0. The zero-order valence-electron chi connectivity index (χ0n) is 9.68. The first-order valence-electron chi connectivity index (χ1n) is 6.09. The standard InChI is InChI=1S/C13H22O/c1-9-7-8-13(3)11(10(9)2)5-4-6-12(13)14/h9-11H,4-8H2,1-3H3/t9-,10-,11+,13+/m0/s1. The van der Waals surface area contributed by atoms with Gasteiger partial charge in [-0.05, 0) is 43.4 Å². The molecule has 2 rings (SSSR count). The average Bonchev–Trinajstić information content (AvgIpc) is 2.16. The maximum absolute atomic E-state index is 12.0. The summed E-state index contributed by atoms with van der Waals surface area (Å²) in [5.41, 5.74) is 0.0458. The van der Waals surface area contributed by atoms with Crippen LogP contribution in [0, 0.1) is 23.2 Å². The summed E-state index contributed by atoms with van der Waals surface area (Å²) in [5.74, 6) is 2.79. The third kappa shape index (κ3) is 1.32. The van der Waals surface area contributed by atoms with Crippen LogP contribution in [0.2, 0.25) is 0 Å². The van der Waals surface area contributed by atoms with Gasteiger partial charge >= 0.3 is 0 Å². The molecule has 0 aromatic carbocycles. The van der Waals surface area contributed by atoms with E-state index in [1.165, 1.54) is 12.8 Å². The molecule has 0 radical (unpaired) electrons. The molecule has 0 aliphatic heterocycles. The number of hydrogen-bond acceptors (Lipinski definition) is 1. The fourth-order valence-electron chi connectivity index (χ4n) is 3.65. The molecule has 2 fully saturated rings. The lowest BCUT2D eigenvalue weighted by atomic mass is 9.54. The first-order valence-corrected chi connectivity index (χ1v) is 6.09. The SMILES string of the molecule is C[C@@H]1[C@H]2CCCC(=O)[C@]2(C)CC[C@@H]1C. The smallest absolute Gasteiger partial charge is 0.139 e. The van der Waals surface area contributed by atoms with Crippen LogP contribution in [0.25, 0.3) is 0 Å². The highest BCUT2D eigenvalue weighted by Crippen LogP contribution is 2.52. The number of ketones is 1. The van der Waals surface area contributed by atoms with Gasteiger partial charge in [-0.15, -0.1) is 0 Å². The molecule has 0 bridgehead atoms. The second kappa shape index (κ2) is 3.36. The van der Waals surface area contributed by atoms with Crippen LogP contribution in [0.15, 0.2) is 0 Å². The van der Waals surface area contributed by atoms with Crippen molar-refractivity contribution < 1.29 is 4.79 Å². The van der Waals surface area contributed by atoms with Gasteiger partial charge in [-0.1, -0.05) is 20.8 Å². The van der Waals surface area contributed by atoms with Crippen molar-refractivity contribution in [2.75, 3.05) is 0 Å². The topological polar surface area (TPSA) is 17.1 Å². The molecule has 0 saturated heterocycles. The van der Waals surface area contributed by atoms with Crippen LogP contribution >= 0.6 is 0 Å². The molecular formula is C13H22O. The minimum absolute atomic E-state index is 0.0458. The molecule has 0 N–H and O–H groups in total. The molecule has 0 spiro atoms. The van der Waals surface area contributed by atoms with E-state index in [0.717, 1.165) is 31.1 Å². The first-order chi connectivity index (χ1) is 6.55.